The highest BCUT2D eigenvalue weighted by Crippen LogP contribution is 2.25. The summed E-state index contributed by atoms with van der Waals surface area (Å²) >= 11 is 0. The van der Waals surface area contributed by atoms with E-state index in [1.165, 1.54) is 0 Å². The topological polar surface area (TPSA) is 59.6 Å². The van der Waals surface area contributed by atoms with Crippen LogP contribution in [0.1, 0.15) is 12.8 Å². The molecule has 0 radical (unpaired) electrons. The van der Waals surface area contributed by atoms with Crippen LogP contribution in [-0.4, -0.2) is 38.8 Å². The van der Waals surface area contributed by atoms with Crippen molar-refractivity contribution in [3.63, 3.8) is 0 Å². The molecule has 6 heteroatoms. The first kappa shape index (κ1) is 16.6. The van der Waals surface area contributed by atoms with Crippen LogP contribution < -0.4 is 20.1 Å². The van der Waals surface area contributed by atoms with Crippen LogP contribution in [0, 0.1) is 0 Å². The van der Waals surface area contributed by atoms with Gasteiger partial charge in [-0.2, -0.15) is 0 Å². The normalized spacial score (nSPS) is 17.1. The third-order valence-corrected chi connectivity index (χ3v) is 3.08. The first-order valence-electron chi connectivity index (χ1n) is 6.55. The van der Waals surface area contributed by atoms with Crippen LogP contribution >= 0.6 is 12.4 Å². The van der Waals surface area contributed by atoms with E-state index in [0.717, 1.165) is 19.5 Å². The Labute approximate surface area is 125 Å². The molecule has 0 saturated carbocycles. The lowest BCUT2D eigenvalue weighted by Gasteiger charge is -2.12. The molecule has 1 amide bonds. The Bertz CT molecular complexity index is 423. The third-order valence-electron chi connectivity index (χ3n) is 3.08. The summed E-state index contributed by atoms with van der Waals surface area (Å²) in [5.41, 5.74) is 0. The zero-order chi connectivity index (χ0) is 13.5. The maximum atomic E-state index is 11.7. The number of carbonyl (C=O) groups is 1. The van der Waals surface area contributed by atoms with Crippen LogP contribution in [0.4, 0.5) is 0 Å². The van der Waals surface area contributed by atoms with Crippen molar-refractivity contribution >= 4 is 18.3 Å². The monoisotopic (exact) mass is 300 g/mol. The van der Waals surface area contributed by atoms with Crippen molar-refractivity contribution in [2.24, 2.45) is 0 Å². The number of nitrogens with one attached hydrogen (secondary N) is 2. The number of halogens is 1. The second-order valence-electron chi connectivity index (χ2n) is 4.51. The highest BCUT2D eigenvalue weighted by Gasteiger charge is 2.16. The van der Waals surface area contributed by atoms with Gasteiger partial charge in [0.2, 0.25) is 5.91 Å². The molecule has 0 spiro atoms. The molecule has 1 aliphatic heterocycles. The van der Waals surface area contributed by atoms with Gasteiger partial charge in [0.05, 0.1) is 20.1 Å². The molecule has 1 unspecified atom stereocenters. The van der Waals surface area contributed by atoms with Gasteiger partial charge >= 0.3 is 0 Å². The summed E-state index contributed by atoms with van der Waals surface area (Å²) in [6.45, 7) is 2.19. The van der Waals surface area contributed by atoms with Gasteiger partial charge in [-0.05, 0) is 25.1 Å². The van der Waals surface area contributed by atoms with Crippen molar-refractivity contribution in [1.82, 2.24) is 10.6 Å². The van der Waals surface area contributed by atoms with Gasteiger partial charge in [-0.1, -0.05) is 12.1 Å². The Morgan fingerprint density at radius 2 is 2.15 bits per heavy atom. The molecule has 1 heterocycles. The van der Waals surface area contributed by atoms with Crippen molar-refractivity contribution in [3.8, 4) is 11.5 Å². The predicted octanol–water partition coefficient (Wildman–Crippen LogP) is 1.36. The molecule has 2 rings (SSSR count). The largest absolute Gasteiger partial charge is 0.493 e. The van der Waals surface area contributed by atoms with E-state index in [1.54, 1.807) is 7.11 Å². The summed E-state index contributed by atoms with van der Waals surface area (Å²) in [5.74, 6) is 1.38. The number of para-hydroxylation sites is 2. The molecule has 0 aromatic heterocycles. The Hall–Kier alpha value is -1.46. The number of carbonyl (C=O) groups excluding carboxylic acids is 1. The van der Waals surface area contributed by atoms with Crippen LogP contribution in [0.2, 0.25) is 0 Å². The van der Waals surface area contributed by atoms with Gasteiger partial charge in [0.25, 0.3) is 0 Å². The summed E-state index contributed by atoms with van der Waals surface area (Å²) < 4.78 is 10.7. The summed E-state index contributed by atoms with van der Waals surface area (Å²) in [6, 6.07) is 7.68. The maximum Gasteiger partial charge on any atom is 0.223 e. The zero-order valence-corrected chi connectivity index (χ0v) is 12.4. The number of amides is 1. The fraction of sp³-hybridized carbons (Fsp3) is 0.500. The predicted molar refractivity (Wildman–Crippen MR) is 79.8 cm³/mol. The molecular weight excluding hydrogens is 280 g/mol. The zero-order valence-electron chi connectivity index (χ0n) is 11.6. The van der Waals surface area contributed by atoms with E-state index in [9.17, 15) is 4.79 Å². The molecule has 5 nitrogen and oxygen atoms in total. The minimum atomic E-state index is 0. The molecule has 20 heavy (non-hydrogen) atoms. The second-order valence-corrected chi connectivity index (χ2v) is 4.51. The van der Waals surface area contributed by atoms with Gasteiger partial charge in [0, 0.05) is 12.6 Å². The molecule has 1 aromatic rings. The fourth-order valence-corrected chi connectivity index (χ4v) is 2.07. The number of hydrogen-bond acceptors (Lipinski definition) is 4. The SMILES string of the molecule is COc1ccccc1OCCC(=O)NC1CCNC1.Cl. The number of ether oxygens (including phenoxy) is 2. The van der Waals surface area contributed by atoms with E-state index >= 15 is 0 Å². The lowest BCUT2D eigenvalue weighted by atomic mass is 10.2. The average Bonchev–Trinajstić information content (AvgIpc) is 2.92. The molecule has 1 aliphatic rings. The number of hydrogen-bond donors (Lipinski definition) is 2. The molecule has 1 fully saturated rings. The van der Waals surface area contributed by atoms with Gasteiger partial charge in [0.1, 0.15) is 0 Å². The lowest BCUT2D eigenvalue weighted by molar-refractivity contribution is -0.122. The number of methoxy groups -OCH3 is 1. The van der Waals surface area contributed by atoms with Crippen LogP contribution in [0.15, 0.2) is 24.3 Å². The number of benzene rings is 1. The quantitative estimate of drug-likeness (QED) is 0.833. The van der Waals surface area contributed by atoms with Crippen molar-refractivity contribution in [2.75, 3.05) is 26.8 Å². The Morgan fingerprint density at radius 3 is 2.80 bits per heavy atom. The van der Waals surface area contributed by atoms with E-state index in [-0.39, 0.29) is 24.4 Å². The summed E-state index contributed by atoms with van der Waals surface area (Å²) in [5, 5.41) is 6.19. The lowest BCUT2D eigenvalue weighted by Crippen LogP contribution is -2.36. The van der Waals surface area contributed by atoms with Crippen molar-refractivity contribution < 1.29 is 14.3 Å². The summed E-state index contributed by atoms with van der Waals surface area (Å²) in [6.07, 6.45) is 1.35. The molecule has 1 aromatic carbocycles. The summed E-state index contributed by atoms with van der Waals surface area (Å²) in [4.78, 5) is 11.7. The van der Waals surface area contributed by atoms with E-state index < -0.39 is 0 Å². The minimum absolute atomic E-state index is 0. The average molecular weight is 301 g/mol. The number of rotatable bonds is 6. The maximum absolute atomic E-state index is 11.7. The molecule has 1 atom stereocenters. The Kier molecular flexibility index (Phi) is 7.18. The van der Waals surface area contributed by atoms with Crippen LogP contribution in [0.3, 0.4) is 0 Å². The molecule has 0 bridgehead atoms. The highest BCUT2D eigenvalue weighted by molar-refractivity contribution is 5.85. The summed E-state index contributed by atoms with van der Waals surface area (Å²) in [7, 11) is 1.60. The van der Waals surface area contributed by atoms with Gasteiger partial charge in [-0.25, -0.2) is 0 Å². The van der Waals surface area contributed by atoms with Crippen molar-refractivity contribution in [3.05, 3.63) is 24.3 Å². The minimum Gasteiger partial charge on any atom is -0.493 e. The van der Waals surface area contributed by atoms with E-state index in [0.29, 0.717) is 24.5 Å². The fourth-order valence-electron chi connectivity index (χ4n) is 2.07. The van der Waals surface area contributed by atoms with Gasteiger partial charge in [-0.15, -0.1) is 12.4 Å². The first-order chi connectivity index (χ1) is 9.29. The standard InChI is InChI=1S/C14H20N2O3.ClH/c1-18-12-4-2-3-5-13(12)19-9-7-14(17)16-11-6-8-15-10-11;/h2-5,11,15H,6-10H2,1H3,(H,16,17);1H. The van der Waals surface area contributed by atoms with Crippen molar-refractivity contribution in [1.29, 1.82) is 0 Å². The van der Waals surface area contributed by atoms with Gasteiger partial charge in [0.15, 0.2) is 11.5 Å². The van der Waals surface area contributed by atoms with E-state index in [2.05, 4.69) is 10.6 Å². The van der Waals surface area contributed by atoms with E-state index in [4.69, 9.17) is 9.47 Å². The first-order valence-corrected chi connectivity index (χ1v) is 6.55. The smallest absolute Gasteiger partial charge is 0.223 e. The van der Waals surface area contributed by atoms with Crippen LogP contribution in [-0.2, 0) is 4.79 Å². The molecular formula is C14H21ClN2O3. The van der Waals surface area contributed by atoms with Gasteiger partial charge in [-0.3, -0.25) is 4.79 Å². The molecule has 112 valence electrons. The Balaban J connectivity index is 0.00000200. The second kappa shape index (κ2) is 8.66. The molecule has 1 saturated heterocycles. The Morgan fingerprint density at radius 1 is 1.40 bits per heavy atom. The molecule has 2 N–H and O–H groups in total. The van der Waals surface area contributed by atoms with Crippen LogP contribution in [0.25, 0.3) is 0 Å². The van der Waals surface area contributed by atoms with Crippen molar-refractivity contribution in [2.45, 2.75) is 18.9 Å². The molecule has 0 aliphatic carbocycles. The third kappa shape index (κ3) is 4.90. The van der Waals surface area contributed by atoms with Gasteiger partial charge < -0.3 is 20.1 Å². The van der Waals surface area contributed by atoms with Crippen LogP contribution in [0.5, 0.6) is 11.5 Å². The van der Waals surface area contributed by atoms with E-state index in [1.807, 2.05) is 24.3 Å². The highest BCUT2D eigenvalue weighted by atomic mass is 35.5.